The highest BCUT2D eigenvalue weighted by molar-refractivity contribution is 7.19. The summed E-state index contributed by atoms with van der Waals surface area (Å²) in [5.74, 6) is -0.211. The van der Waals surface area contributed by atoms with E-state index in [1.54, 1.807) is 25.3 Å². The van der Waals surface area contributed by atoms with Crippen molar-refractivity contribution in [3.05, 3.63) is 59.5 Å². The third kappa shape index (κ3) is 4.79. The number of nitrogens with zero attached hydrogens (tertiary/aromatic N) is 5. The molecule has 5 rings (SSSR count). The Morgan fingerprint density at radius 3 is 2.81 bits per heavy atom. The lowest BCUT2D eigenvalue weighted by Crippen LogP contribution is -2.30. The van der Waals surface area contributed by atoms with E-state index >= 15 is 0 Å². The standard InChI is InChI=1S/C26H27BN6O3S/c1-15(34)29-26-30-20-8-7-18-22(17-5-4-10-28-14-17)31-33(23(18)24(20)37-26)21-9-6-16(13-19(21)27)25(35)32(2)11-12-36-3/h4-6,9-10,13-14H,7-8,11-12,27H2,1-3H3,(H,29,30,34). The van der Waals surface area contributed by atoms with E-state index in [1.807, 2.05) is 49.1 Å². The first kappa shape index (κ1) is 24.9. The number of pyridine rings is 1. The topological polar surface area (TPSA) is 102 Å². The molecule has 3 heterocycles. The second-order valence-corrected chi connectivity index (χ2v) is 10.0. The minimum absolute atomic E-state index is 0.0602. The minimum atomic E-state index is -0.151. The van der Waals surface area contributed by atoms with Crippen molar-refractivity contribution in [2.45, 2.75) is 19.8 Å². The van der Waals surface area contributed by atoms with Crippen LogP contribution < -0.4 is 10.8 Å². The Bertz CT molecular complexity index is 1480. The molecule has 0 spiro atoms. The number of rotatable bonds is 7. The van der Waals surface area contributed by atoms with Gasteiger partial charge in [0.2, 0.25) is 5.91 Å². The molecule has 3 aromatic heterocycles. The van der Waals surface area contributed by atoms with E-state index in [0.717, 1.165) is 57.1 Å². The molecular weight excluding hydrogens is 487 g/mol. The highest BCUT2D eigenvalue weighted by atomic mass is 32.1. The molecule has 0 unspecified atom stereocenters. The lowest BCUT2D eigenvalue weighted by atomic mass is 9.91. The fraction of sp³-hybridized carbons (Fsp3) is 0.269. The van der Waals surface area contributed by atoms with Gasteiger partial charge in [0.05, 0.1) is 34.3 Å². The number of amides is 2. The number of hydrogen-bond acceptors (Lipinski definition) is 7. The van der Waals surface area contributed by atoms with Crippen molar-refractivity contribution in [3.63, 3.8) is 0 Å². The number of nitrogens with one attached hydrogen (secondary N) is 1. The van der Waals surface area contributed by atoms with Gasteiger partial charge in [-0.15, -0.1) is 0 Å². The number of carbonyl (C=O) groups is 2. The van der Waals surface area contributed by atoms with Gasteiger partial charge in [0.15, 0.2) is 5.13 Å². The number of methoxy groups -OCH3 is 1. The van der Waals surface area contributed by atoms with Gasteiger partial charge in [-0.3, -0.25) is 14.6 Å². The molecule has 0 fully saturated rings. The Morgan fingerprint density at radius 1 is 1.27 bits per heavy atom. The molecule has 1 aliphatic carbocycles. The molecule has 0 radical (unpaired) electrons. The van der Waals surface area contributed by atoms with E-state index in [-0.39, 0.29) is 11.8 Å². The third-order valence-corrected chi connectivity index (χ3v) is 7.39. The van der Waals surface area contributed by atoms with Gasteiger partial charge in [-0.25, -0.2) is 9.67 Å². The molecule has 4 aromatic rings. The summed E-state index contributed by atoms with van der Waals surface area (Å²) in [4.78, 5) is 36.2. The molecule has 1 aromatic carbocycles. The number of hydrogen-bond donors (Lipinski definition) is 1. The summed E-state index contributed by atoms with van der Waals surface area (Å²) in [5, 5.41) is 8.47. The average molecular weight is 514 g/mol. The molecule has 0 aliphatic heterocycles. The van der Waals surface area contributed by atoms with Gasteiger partial charge in [0.1, 0.15) is 7.85 Å². The fourth-order valence-corrected chi connectivity index (χ4v) is 5.68. The quantitative estimate of drug-likeness (QED) is 0.379. The highest BCUT2D eigenvalue weighted by Crippen LogP contribution is 2.43. The van der Waals surface area contributed by atoms with E-state index in [1.165, 1.54) is 18.3 Å². The molecular formula is C26H27BN6O3S. The Labute approximate surface area is 219 Å². The van der Waals surface area contributed by atoms with Crippen molar-refractivity contribution in [3.8, 4) is 27.5 Å². The van der Waals surface area contributed by atoms with E-state index in [9.17, 15) is 9.59 Å². The zero-order chi connectivity index (χ0) is 26.1. The largest absolute Gasteiger partial charge is 0.383 e. The lowest BCUT2D eigenvalue weighted by Gasteiger charge is -2.18. The van der Waals surface area contributed by atoms with Crippen LogP contribution in [0.3, 0.4) is 0 Å². The van der Waals surface area contributed by atoms with E-state index in [2.05, 4.69) is 15.3 Å². The lowest BCUT2D eigenvalue weighted by molar-refractivity contribution is -0.114. The summed E-state index contributed by atoms with van der Waals surface area (Å²) in [6.45, 7) is 2.48. The monoisotopic (exact) mass is 514 g/mol. The Morgan fingerprint density at radius 2 is 2.11 bits per heavy atom. The van der Waals surface area contributed by atoms with Crippen LogP contribution in [0.25, 0.3) is 27.5 Å². The number of benzene rings is 1. The van der Waals surface area contributed by atoms with Crippen molar-refractivity contribution in [1.82, 2.24) is 24.6 Å². The first-order chi connectivity index (χ1) is 17.9. The van der Waals surface area contributed by atoms with Gasteiger partial charge >= 0.3 is 0 Å². The Kier molecular flexibility index (Phi) is 6.90. The van der Waals surface area contributed by atoms with Crippen LogP contribution in [0.2, 0.25) is 0 Å². The molecule has 0 saturated carbocycles. The van der Waals surface area contributed by atoms with Crippen molar-refractivity contribution in [1.29, 1.82) is 0 Å². The molecule has 1 N–H and O–H groups in total. The van der Waals surface area contributed by atoms with Crippen LogP contribution in [0.15, 0.2) is 42.7 Å². The van der Waals surface area contributed by atoms with Crippen LogP contribution in [0.4, 0.5) is 5.13 Å². The van der Waals surface area contributed by atoms with Crippen LogP contribution in [-0.4, -0.2) is 71.6 Å². The number of carbonyl (C=O) groups excluding carboxylic acids is 2. The summed E-state index contributed by atoms with van der Waals surface area (Å²) in [6, 6.07) is 9.59. The molecule has 0 atom stereocenters. The van der Waals surface area contributed by atoms with Gasteiger partial charge < -0.3 is 15.0 Å². The van der Waals surface area contributed by atoms with E-state index in [4.69, 9.17) is 9.84 Å². The first-order valence-electron chi connectivity index (χ1n) is 12.0. The highest BCUT2D eigenvalue weighted by Gasteiger charge is 2.30. The summed E-state index contributed by atoms with van der Waals surface area (Å²) < 4.78 is 7.05. The number of fused-ring (bicyclic) bond motifs is 3. The molecule has 37 heavy (non-hydrogen) atoms. The maximum absolute atomic E-state index is 12.9. The van der Waals surface area contributed by atoms with Gasteiger partial charge in [-0.05, 0) is 37.1 Å². The predicted octanol–water partition coefficient (Wildman–Crippen LogP) is 2.09. The van der Waals surface area contributed by atoms with Crippen molar-refractivity contribution in [2.75, 3.05) is 32.6 Å². The maximum atomic E-state index is 12.9. The number of thiazole rings is 1. The second kappa shape index (κ2) is 10.3. The zero-order valence-corrected chi connectivity index (χ0v) is 22.1. The first-order valence-corrected chi connectivity index (χ1v) is 12.8. The Balaban J connectivity index is 1.62. The summed E-state index contributed by atoms with van der Waals surface area (Å²) in [6.07, 6.45) is 5.10. The predicted molar refractivity (Wildman–Crippen MR) is 147 cm³/mol. The molecule has 188 valence electrons. The van der Waals surface area contributed by atoms with Crippen molar-refractivity contribution in [2.24, 2.45) is 0 Å². The molecule has 11 heteroatoms. The van der Waals surface area contributed by atoms with Crippen LogP contribution in [0, 0.1) is 0 Å². The zero-order valence-electron chi connectivity index (χ0n) is 21.2. The van der Waals surface area contributed by atoms with Gasteiger partial charge in [0, 0.05) is 56.7 Å². The van der Waals surface area contributed by atoms with Crippen LogP contribution >= 0.6 is 11.3 Å². The van der Waals surface area contributed by atoms with E-state index < -0.39 is 0 Å². The minimum Gasteiger partial charge on any atom is -0.383 e. The van der Waals surface area contributed by atoms with Crippen LogP contribution in [0.5, 0.6) is 0 Å². The van der Waals surface area contributed by atoms with Gasteiger partial charge in [0.25, 0.3) is 5.91 Å². The SMILES string of the molecule is Bc1cc(C(=O)N(C)CCOC)ccc1-n1nc(-c2cccnc2)c2c1-c1sc(NC(C)=O)nc1CC2. The smallest absolute Gasteiger partial charge is 0.253 e. The third-order valence-electron chi connectivity index (χ3n) is 6.38. The Hall–Kier alpha value is -3.83. The summed E-state index contributed by atoms with van der Waals surface area (Å²) >= 11 is 1.46. The number of aryl methyl sites for hydroxylation is 1. The fourth-order valence-electron chi connectivity index (χ4n) is 4.56. The number of likely N-dealkylation sites (N-methyl/N-ethyl adjacent to an activating group) is 1. The van der Waals surface area contributed by atoms with Crippen molar-refractivity contribution >= 4 is 41.6 Å². The molecule has 0 bridgehead atoms. The van der Waals surface area contributed by atoms with Crippen LogP contribution in [-0.2, 0) is 22.4 Å². The van der Waals surface area contributed by atoms with E-state index in [0.29, 0.717) is 23.8 Å². The molecule has 9 nitrogen and oxygen atoms in total. The second-order valence-electron chi connectivity index (χ2n) is 9.03. The number of ether oxygens (including phenoxy) is 1. The number of aromatic nitrogens is 4. The molecule has 0 saturated heterocycles. The summed E-state index contributed by atoms with van der Waals surface area (Å²) in [7, 11) is 5.38. The number of anilines is 1. The molecule has 2 amide bonds. The summed E-state index contributed by atoms with van der Waals surface area (Å²) in [5.41, 5.74) is 7.27. The average Bonchev–Trinajstić information content (AvgIpc) is 3.47. The van der Waals surface area contributed by atoms with Gasteiger partial charge in [-0.1, -0.05) is 22.9 Å². The maximum Gasteiger partial charge on any atom is 0.253 e. The van der Waals surface area contributed by atoms with Gasteiger partial charge in [-0.2, -0.15) is 5.10 Å². The normalized spacial score (nSPS) is 12.1. The molecule has 1 aliphatic rings. The van der Waals surface area contributed by atoms with Crippen LogP contribution in [0.1, 0.15) is 28.5 Å². The van der Waals surface area contributed by atoms with Crippen molar-refractivity contribution < 1.29 is 14.3 Å².